The van der Waals surface area contributed by atoms with Crippen LogP contribution in [0, 0.1) is 27.7 Å². The van der Waals surface area contributed by atoms with Crippen molar-refractivity contribution in [3.8, 4) is 0 Å². The molecule has 96 valence electrons. The summed E-state index contributed by atoms with van der Waals surface area (Å²) in [6.45, 7) is 10.7. The van der Waals surface area contributed by atoms with E-state index < -0.39 is 0 Å². The highest BCUT2D eigenvalue weighted by Gasteiger charge is 2.03. The summed E-state index contributed by atoms with van der Waals surface area (Å²) in [5, 5.41) is 3.54. The van der Waals surface area contributed by atoms with Gasteiger partial charge in [0.2, 0.25) is 0 Å². The third-order valence-electron chi connectivity index (χ3n) is 3.55. The first-order chi connectivity index (χ1) is 8.58. The van der Waals surface area contributed by atoms with Crippen molar-refractivity contribution in [1.29, 1.82) is 0 Å². The van der Waals surface area contributed by atoms with E-state index in [0.29, 0.717) is 0 Å². The fourth-order valence-electron chi connectivity index (χ4n) is 2.06. The zero-order chi connectivity index (χ0) is 13.1. The smallest absolute Gasteiger partial charge is 0.0303 e. The predicted molar refractivity (Wildman–Crippen MR) is 80.3 cm³/mol. The van der Waals surface area contributed by atoms with Crippen LogP contribution in [0.4, 0.5) is 0 Å². The average molecular weight is 259 g/mol. The summed E-state index contributed by atoms with van der Waals surface area (Å²) in [5.74, 6) is 0. The Labute approximate surface area is 114 Å². The molecule has 2 rings (SSSR count). The number of hydrogen-bond donors (Lipinski definition) is 1. The molecule has 0 aliphatic carbocycles. The fraction of sp³-hybridized carbons (Fsp3) is 0.375. The number of hydrogen-bond acceptors (Lipinski definition) is 2. The molecule has 0 saturated heterocycles. The van der Waals surface area contributed by atoms with Gasteiger partial charge in [-0.1, -0.05) is 18.2 Å². The van der Waals surface area contributed by atoms with Crippen LogP contribution in [-0.4, -0.2) is 0 Å². The molecule has 0 aliphatic heterocycles. The van der Waals surface area contributed by atoms with Crippen LogP contribution in [0.5, 0.6) is 0 Å². The maximum Gasteiger partial charge on any atom is 0.0303 e. The molecule has 0 amide bonds. The van der Waals surface area contributed by atoms with Crippen molar-refractivity contribution < 1.29 is 0 Å². The first-order valence-electron chi connectivity index (χ1n) is 6.39. The maximum atomic E-state index is 3.54. The zero-order valence-electron chi connectivity index (χ0n) is 11.6. The standard InChI is InChI=1S/C16H21NS/c1-11-6-5-7-15(13(11)3)9-17-10-16-8-12(2)14(4)18-16/h5-8,17H,9-10H2,1-4H3. The van der Waals surface area contributed by atoms with Crippen LogP contribution >= 0.6 is 11.3 Å². The van der Waals surface area contributed by atoms with Crippen molar-refractivity contribution in [2.45, 2.75) is 40.8 Å². The topological polar surface area (TPSA) is 12.0 Å². The minimum absolute atomic E-state index is 0.948. The molecule has 1 heterocycles. The SMILES string of the molecule is Cc1cc(CNCc2cccc(C)c2C)sc1C. The Bertz CT molecular complexity index is 521. The Morgan fingerprint density at radius 1 is 1.00 bits per heavy atom. The fourth-order valence-corrected chi connectivity index (χ4v) is 3.08. The van der Waals surface area contributed by atoms with Crippen molar-refractivity contribution in [1.82, 2.24) is 5.32 Å². The highest BCUT2D eigenvalue weighted by molar-refractivity contribution is 7.12. The molecule has 0 aliphatic rings. The van der Waals surface area contributed by atoms with E-state index in [1.165, 1.54) is 32.0 Å². The molecular formula is C16H21NS. The highest BCUT2D eigenvalue weighted by atomic mass is 32.1. The number of benzene rings is 1. The summed E-state index contributed by atoms with van der Waals surface area (Å²) >= 11 is 1.89. The normalized spacial score (nSPS) is 10.9. The van der Waals surface area contributed by atoms with E-state index >= 15 is 0 Å². The Morgan fingerprint density at radius 3 is 2.44 bits per heavy atom. The lowest BCUT2D eigenvalue weighted by atomic mass is 10.0. The lowest BCUT2D eigenvalue weighted by molar-refractivity contribution is 0.697. The van der Waals surface area contributed by atoms with Crippen LogP contribution in [0.25, 0.3) is 0 Å². The van der Waals surface area contributed by atoms with Gasteiger partial charge in [-0.25, -0.2) is 0 Å². The van der Waals surface area contributed by atoms with Gasteiger partial charge in [-0.2, -0.15) is 0 Å². The van der Waals surface area contributed by atoms with E-state index in [2.05, 4.69) is 57.3 Å². The van der Waals surface area contributed by atoms with Crippen LogP contribution in [-0.2, 0) is 13.1 Å². The summed E-state index contributed by atoms with van der Waals surface area (Å²) in [7, 11) is 0. The third-order valence-corrected chi connectivity index (χ3v) is 4.70. The minimum atomic E-state index is 0.948. The van der Waals surface area contributed by atoms with Crippen molar-refractivity contribution in [3.05, 3.63) is 56.3 Å². The largest absolute Gasteiger partial charge is 0.308 e. The second-order valence-corrected chi connectivity index (χ2v) is 6.26. The van der Waals surface area contributed by atoms with Gasteiger partial charge in [0.05, 0.1) is 0 Å². The van der Waals surface area contributed by atoms with E-state index in [1.807, 2.05) is 11.3 Å². The van der Waals surface area contributed by atoms with Gasteiger partial charge in [0.25, 0.3) is 0 Å². The van der Waals surface area contributed by atoms with E-state index in [1.54, 1.807) is 0 Å². The van der Waals surface area contributed by atoms with E-state index in [9.17, 15) is 0 Å². The van der Waals surface area contributed by atoms with Crippen LogP contribution in [0.2, 0.25) is 0 Å². The summed E-state index contributed by atoms with van der Waals surface area (Å²) in [6.07, 6.45) is 0. The molecule has 1 N–H and O–H groups in total. The molecule has 0 spiro atoms. The first kappa shape index (κ1) is 13.3. The molecule has 0 fully saturated rings. The van der Waals surface area contributed by atoms with E-state index in [-0.39, 0.29) is 0 Å². The van der Waals surface area contributed by atoms with Crippen LogP contribution in [0.15, 0.2) is 24.3 Å². The van der Waals surface area contributed by atoms with Gasteiger partial charge in [0.15, 0.2) is 0 Å². The number of aryl methyl sites for hydroxylation is 3. The quantitative estimate of drug-likeness (QED) is 0.864. The third kappa shape index (κ3) is 3.01. The molecule has 1 nitrogen and oxygen atoms in total. The van der Waals surface area contributed by atoms with Crippen molar-refractivity contribution in [3.63, 3.8) is 0 Å². The summed E-state index contributed by atoms with van der Waals surface area (Å²) < 4.78 is 0. The maximum absolute atomic E-state index is 3.54. The van der Waals surface area contributed by atoms with Gasteiger partial charge in [0.1, 0.15) is 0 Å². The predicted octanol–water partition coefficient (Wildman–Crippen LogP) is 4.27. The van der Waals surface area contributed by atoms with Gasteiger partial charge in [-0.05, 0) is 56.0 Å². The zero-order valence-corrected chi connectivity index (χ0v) is 12.4. The molecule has 1 aromatic heterocycles. The Kier molecular flexibility index (Phi) is 4.20. The monoisotopic (exact) mass is 259 g/mol. The van der Waals surface area contributed by atoms with Gasteiger partial charge in [0, 0.05) is 22.8 Å². The molecule has 0 bridgehead atoms. The lowest BCUT2D eigenvalue weighted by Crippen LogP contribution is -2.12. The van der Waals surface area contributed by atoms with Gasteiger partial charge >= 0.3 is 0 Å². The Morgan fingerprint density at radius 2 is 1.78 bits per heavy atom. The Balaban J connectivity index is 1.94. The molecule has 18 heavy (non-hydrogen) atoms. The van der Waals surface area contributed by atoms with Crippen LogP contribution in [0.1, 0.15) is 32.0 Å². The summed E-state index contributed by atoms with van der Waals surface area (Å²) in [6, 6.07) is 8.81. The van der Waals surface area contributed by atoms with Gasteiger partial charge < -0.3 is 5.32 Å². The molecular weight excluding hydrogens is 238 g/mol. The number of thiophene rings is 1. The van der Waals surface area contributed by atoms with E-state index in [0.717, 1.165) is 13.1 Å². The second kappa shape index (κ2) is 5.68. The highest BCUT2D eigenvalue weighted by Crippen LogP contribution is 2.20. The van der Waals surface area contributed by atoms with Crippen molar-refractivity contribution in [2.75, 3.05) is 0 Å². The molecule has 0 radical (unpaired) electrons. The van der Waals surface area contributed by atoms with Crippen molar-refractivity contribution in [2.24, 2.45) is 0 Å². The number of nitrogens with one attached hydrogen (secondary N) is 1. The second-order valence-electron chi connectivity index (χ2n) is 4.91. The van der Waals surface area contributed by atoms with Crippen LogP contribution in [0.3, 0.4) is 0 Å². The van der Waals surface area contributed by atoms with Gasteiger partial charge in [-0.15, -0.1) is 11.3 Å². The summed E-state index contributed by atoms with van der Waals surface area (Å²) in [4.78, 5) is 2.86. The molecule has 1 aromatic carbocycles. The van der Waals surface area contributed by atoms with Crippen molar-refractivity contribution >= 4 is 11.3 Å². The molecule has 0 saturated carbocycles. The molecule has 2 aromatic rings. The van der Waals surface area contributed by atoms with E-state index in [4.69, 9.17) is 0 Å². The number of rotatable bonds is 4. The first-order valence-corrected chi connectivity index (χ1v) is 7.21. The summed E-state index contributed by atoms with van der Waals surface area (Å²) in [5.41, 5.74) is 5.59. The average Bonchev–Trinajstić information content (AvgIpc) is 2.64. The van der Waals surface area contributed by atoms with Crippen LogP contribution < -0.4 is 5.32 Å². The lowest BCUT2D eigenvalue weighted by Gasteiger charge is -2.09. The molecule has 2 heteroatoms. The van der Waals surface area contributed by atoms with Gasteiger partial charge in [-0.3, -0.25) is 0 Å². The Hall–Kier alpha value is -1.12. The minimum Gasteiger partial charge on any atom is -0.308 e. The molecule has 0 unspecified atom stereocenters. The molecule has 0 atom stereocenters.